The monoisotopic (exact) mass is 540 g/mol. The van der Waals surface area contributed by atoms with Crippen LogP contribution >= 0.6 is 0 Å². The van der Waals surface area contributed by atoms with Crippen molar-refractivity contribution < 1.29 is 19.2 Å². The second-order valence-corrected chi connectivity index (χ2v) is 9.57. The van der Waals surface area contributed by atoms with Crippen molar-refractivity contribution in [3.63, 3.8) is 0 Å². The van der Waals surface area contributed by atoms with Crippen molar-refractivity contribution in [1.82, 2.24) is 24.6 Å². The van der Waals surface area contributed by atoms with Crippen LogP contribution in [0.1, 0.15) is 53.5 Å². The molecule has 0 bridgehead atoms. The smallest absolute Gasteiger partial charge is 0.410 e. The highest BCUT2D eigenvalue weighted by molar-refractivity contribution is 5.68. The van der Waals surface area contributed by atoms with Crippen LogP contribution in [0.2, 0.25) is 0 Å². The molecule has 13 heteroatoms. The Labute approximate surface area is 227 Å². The lowest BCUT2D eigenvalue weighted by atomic mass is 10.1. The van der Waals surface area contributed by atoms with E-state index in [2.05, 4.69) is 25.7 Å². The summed E-state index contributed by atoms with van der Waals surface area (Å²) in [5.41, 5.74) is 0.465. The Hall–Kier alpha value is -4.42. The molecule has 1 aromatic carbocycles. The summed E-state index contributed by atoms with van der Waals surface area (Å²) in [6.45, 7) is 10.7. The predicted molar refractivity (Wildman–Crippen MR) is 148 cm³/mol. The third-order valence-corrected chi connectivity index (χ3v) is 5.67. The van der Waals surface area contributed by atoms with Crippen LogP contribution in [0.25, 0.3) is 0 Å². The Bertz CT molecular complexity index is 1250. The van der Waals surface area contributed by atoms with E-state index in [1.807, 2.05) is 45.5 Å². The van der Waals surface area contributed by atoms with E-state index in [0.717, 1.165) is 19.0 Å². The molecule has 13 nitrogen and oxygen atoms in total. The molecule has 3 aromatic rings. The van der Waals surface area contributed by atoms with Crippen molar-refractivity contribution in [1.29, 1.82) is 0 Å². The summed E-state index contributed by atoms with van der Waals surface area (Å²) in [4.78, 5) is 33.4. The summed E-state index contributed by atoms with van der Waals surface area (Å²) in [5.74, 6) is 0.896. The van der Waals surface area contributed by atoms with Crippen LogP contribution in [0.15, 0.2) is 42.9 Å². The molecule has 39 heavy (non-hydrogen) atoms. The van der Waals surface area contributed by atoms with Gasteiger partial charge in [0.25, 0.3) is 0 Å². The number of aromatic nitrogens is 4. The molecular formula is C26H36N8O5. The van der Waals surface area contributed by atoms with E-state index in [9.17, 15) is 14.9 Å². The van der Waals surface area contributed by atoms with Gasteiger partial charge < -0.3 is 25.0 Å². The highest BCUT2D eigenvalue weighted by Crippen LogP contribution is 2.29. The Kier molecular flexibility index (Phi) is 9.63. The quantitative estimate of drug-likeness (QED) is 0.283. The number of nitrogens with zero attached hydrogens (tertiary/aromatic N) is 6. The second-order valence-electron chi connectivity index (χ2n) is 9.57. The summed E-state index contributed by atoms with van der Waals surface area (Å²) in [7, 11) is 1.56. The summed E-state index contributed by atoms with van der Waals surface area (Å²) >= 11 is 0. The van der Waals surface area contributed by atoms with Gasteiger partial charge in [0.15, 0.2) is 0 Å². The molecule has 0 unspecified atom stereocenters. The topological polar surface area (TPSA) is 150 Å². The van der Waals surface area contributed by atoms with Crippen molar-refractivity contribution in [3.05, 3.63) is 53.0 Å². The zero-order valence-electron chi connectivity index (χ0n) is 23.2. The highest BCUT2D eigenvalue weighted by atomic mass is 16.6. The molecule has 210 valence electrons. The number of methoxy groups -OCH3 is 1. The van der Waals surface area contributed by atoms with Gasteiger partial charge in [-0.05, 0) is 57.9 Å². The average molecular weight is 541 g/mol. The molecule has 0 radical (unpaired) electrons. The van der Waals surface area contributed by atoms with E-state index in [-0.39, 0.29) is 29.6 Å². The number of hydrogen-bond acceptors (Lipinski definition) is 10. The van der Waals surface area contributed by atoms with E-state index in [0.29, 0.717) is 30.2 Å². The third-order valence-electron chi connectivity index (χ3n) is 5.67. The minimum Gasteiger partial charge on any atom is -0.497 e. The van der Waals surface area contributed by atoms with E-state index < -0.39 is 10.5 Å². The fourth-order valence-electron chi connectivity index (χ4n) is 3.84. The number of nitro groups is 1. The van der Waals surface area contributed by atoms with Gasteiger partial charge >= 0.3 is 11.8 Å². The fraction of sp³-hybridized carbons (Fsp3) is 0.462. The Morgan fingerprint density at radius 3 is 2.33 bits per heavy atom. The normalized spacial score (nSPS) is 13.6. The number of ether oxygens (including phenoxy) is 2. The maximum Gasteiger partial charge on any atom is 0.410 e. The first-order valence-electron chi connectivity index (χ1n) is 12.8. The molecular weight excluding hydrogens is 504 g/mol. The largest absolute Gasteiger partial charge is 0.497 e. The van der Waals surface area contributed by atoms with E-state index >= 15 is 0 Å². The number of piperidine rings is 1. The van der Waals surface area contributed by atoms with E-state index in [4.69, 9.17) is 9.47 Å². The number of carbonyl (C=O) groups excluding carboxylic acids is 1. The maximum absolute atomic E-state index is 12.3. The summed E-state index contributed by atoms with van der Waals surface area (Å²) < 4.78 is 12.4. The third kappa shape index (κ3) is 8.03. The number of nitrogens with one attached hydrogen (secondary N) is 2. The van der Waals surface area contributed by atoms with Crippen LogP contribution in [-0.4, -0.2) is 61.5 Å². The predicted octanol–water partition coefficient (Wildman–Crippen LogP) is 5.68. The molecule has 1 saturated heterocycles. The van der Waals surface area contributed by atoms with Gasteiger partial charge in [-0.1, -0.05) is 13.8 Å². The molecule has 0 atom stereocenters. The Morgan fingerprint density at radius 2 is 1.74 bits per heavy atom. The van der Waals surface area contributed by atoms with Crippen LogP contribution in [0.4, 0.5) is 33.6 Å². The van der Waals surface area contributed by atoms with Crippen molar-refractivity contribution in [3.8, 4) is 5.75 Å². The number of benzene rings is 1. The van der Waals surface area contributed by atoms with E-state index in [1.165, 1.54) is 0 Å². The SMILES string of the molecule is CC.COc1ccc(Nc2nc(Nc3cnn(C4CCN(C(=O)OC(C)(C)C)CC4)c3)ncc2[N+](=O)[O-])cc1. The molecule has 2 N–H and O–H groups in total. The molecule has 0 aliphatic carbocycles. The van der Waals surface area contributed by atoms with Gasteiger partial charge in [0.05, 0.1) is 30.0 Å². The van der Waals surface area contributed by atoms with Gasteiger partial charge in [-0.25, -0.2) is 9.78 Å². The number of carbonyl (C=O) groups is 1. The first-order chi connectivity index (χ1) is 18.6. The Morgan fingerprint density at radius 1 is 1.08 bits per heavy atom. The molecule has 1 amide bonds. The first kappa shape index (κ1) is 29.1. The maximum atomic E-state index is 12.3. The number of likely N-dealkylation sites (tertiary alicyclic amines) is 1. The van der Waals surface area contributed by atoms with Crippen molar-refractivity contribution in [2.75, 3.05) is 30.8 Å². The zero-order valence-corrected chi connectivity index (χ0v) is 23.2. The minimum absolute atomic E-state index is 0.0505. The van der Waals surface area contributed by atoms with Crippen LogP contribution in [0, 0.1) is 10.1 Å². The van der Waals surface area contributed by atoms with Gasteiger partial charge in [-0.15, -0.1) is 0 Å². The summed E-state index contributed by atoms with van der Waals surface area (Å²) in [5, 5.41) is 22.0. The lowest BCUT2D eigenvalue weighted by molar-refractivity contribution is -0.384. The average Bonchev–Trinajstić information content (AvgIpc) is 3.38. The van der Waals surface area contributed by atoms with Crippen molar-refractivity contribution in [2.24, 2.45) is 0 Å². The zero-order chi connectivity index (χ0) is 28.6. The lowest BCUT2D eigenvalue weighted by Crippen LogP contribution is -2.42. The minimum atomic E-state index is -0.544. The van der Waals surface area contributed by atoms with Gasteiger partial charge in [0.2, 0.25) is 11.8 Å². The summed E-state index contributed by atoms with van der Waals surface area (Å²) in [6, 6.07) is 7.06. The van der Waals surface area contributed by atoms with Crippen molar-refractivity contribution >= 4 is 34.9 Å². The fourth-order valence-corrected chi connectivity index (χ4v) is 3.84. The van der Waals surface area contributed by atoms with Crippen LogP contribution in [0.3, 0.4) is 0 Å². The number of amides is 1. The van der Waals surface area contributed by atoms with E-state index in [1.54, 1.807) is 42.5 Å². The molecule has 3 heterocycles. The lowest BCUT2D eigenvalue weighted by Gasteiger charge is -2.33. The van der Waals surface area contributed by atoms with Gasteiger partial charge in [0, 0.05) is 25.0 Å². The van der Waals surface area contributed by atoms with Crippen LogP contribution < -0.4 is 15.4 Å². The molecule has 1 aliphatic heterocycles. The molecule has 0 saturated carbocycles. The number of hydrogen-bond donors (Lipinski definition) is 2. The van der Waals surface area contributed by atoms with Crippen molar-refractivity contribution in [2.45, 2.75) is 59.1 Å². The summed E-state index contributed by atoms with van der Waals surface area (Å²) in [6.07, 6.45) is 5.80. The van der Waals surface area contributed by atoms with Crippen LogP contribution in [-0.2, 0) is 4.74 Å². The van der Waals surface area contributed by atoms with Crippen LogP contribution in [0.5, 0.6) is 5.75 Å². The molecule has 1 fully saturated rings. The second kappa shape index (κ2) is 12.9. The Balaban J connectivity index is 0.00000205. The molecule has 4 rings (SSSR count). The first-order valence-corrected chi connectivity index (χ1v) is 12.8. The molecule has 2 aromatic heterocycles. The highest BCUT2D eigenvalue weighted by Gasteiger charge is 2.28. The number of anilines is 4. The molecule has 1 aliphatic rings. The van der Waals surface area contributed by atoms with Gasteiger partial charge in [0.1, 0.15) is 17.5 Å². The van der Waals surface area contributed by atoms with Gasteiger partial charge in [-0.3, -0.25) is 14.8 Å². The number of rotatable bonds is 7. The van der Waals surface area contributed by atoms with Gasteiger partial charge in [-0.2, -0.15) is 10.1 Å². The standard InChI is InChI=1S/C24H30N8O5.C2H6/c1-24(2,3)37-23(33)30-11-9-18(10-12-30)31-15-17(13-26-31)28-22-25-14-20(32(34)35)21(29-22)27-16-5-7-19(36-4)8-6-16;1-2/h5-8,13-15,18H,9-12H2,1-4H3,(H2,25,27,28,29);1-2H3. The molecule has 0 spiro atoms.